The van der Waals surface area contributed by atoms with Gasteiger partial charge >= 0.3 is 0 Å². The first-order valence-corrected chi connectivity index (χ1v) is 6.05. The van der Waals surface area contributed by atoms with Gasteiger partial charge in [0.1, 0.15) is 0 Å². The highest BCUT2D eigenvalue weighted by molar-refractivity contribution is 4.88. The first-order chi connectivity index (χ1) is 6.77. The molecule has 0 aromatic heterocycles. The third kappa shape index (κ3) is 3.42. The molecule has 0 saturated carbocycles. The molecule has 0 bridgehead atoms. The Balaban J connectivity index is 5.00. The first kappa shape index (κ1) is 14.9. The van der Waals surface area contributed by atoms with Gasteiger partial charge in [-0.3, -0.25) is 0 Å². The molecule has 2 heteroatoms. The Morgan fingerprint density at radius 1 is 1.00 bits per heavy atom. The number of hydrogen-bond donors (Lipinski definition) is 0. The molecule has 0 rings (SSSR count). The number of rotatable bonds is 6. The van der Waals surface area contributed by atoms with E-state index in [0.717, 1.165) is 6.42 Å². The highest BCUT2D eigenvalue weighted by Gasteiger charge is 2.44. The minimum atomic E-state index is -2.22. The molecule has 0 fully saturated rings. The second kappa shape index (κ2) is 5.81. The molecule has 0 radical (unpaired) electrons. The van der Waals surface area contributed by atoms with E-state index < -0.39 is 11.8 Å². The number of halogens is 2. The summed E-state index contributed by atoms with van der Waals surface area (Å²) in [5.41, 5.74) is -0.822. The normalized spacial score (nSPS) is 16.8. The van der Waals surface area contributed by atoms with Crippen LogP contribution in [0.2, 0.25) is 0 Å². The molecule has 0 N–H and O–H groups in total. The summed E-state index contributed by atoms with van der Waals surface area (Å²) in [5, 5.41) is 0. The third-order valence-corrected chi connectivity index (χ3v) is 3.49. The molecule has 0 aromatic carbocycles. The summed E-state index contributed by atoms with van der Waals surface area (Å²) in [6.45, 7) is 12.0. The zero-order valence-corrected chi connectivity index (χ0v) is 11.0. The lowest BCUT2D eigenvalue weighted by molar-refractivity contribution is -0.0707. The van der Waals surface area contributed by atoms with E-state index in [9.17, 15) is 8.78 Å². The fourth-order valence-electron chi connectivity index (χ4n) is 3.25. The summed E-state index contributed by atoms with van der Waals surface area (Å²) in [6.07, 6.45) is -0.769. The molecular weight excluding hydrogens is 194 g/mol. The van der Waals surface area contributed by atoms with E-state index in [2.05, 4.69) is 27.7 Å². The van der Waals surface area contributed by atoms with Gasteiger partial charge < -0.3 is 0 Å². The van der Waals surface area contributed by atoms with E-state index in [4.69, 9.17) is 0 Å². The molecule has 0 spiro atoms. The van der Waals surface area contributed by atoms with Crippen LogP contribution < -0.4 is 0 Å². The van der Waals surface area contributed by atoms with Crippen LogP contribution in [0.25, 0.3) is 0 Å². The summed E-state index contributed by atoms with van der Waals surface area (Å²) >= 11 is 0. The topological polar surface area (TPSA) is 0 Å². The van der Waals surface area contributed by atoms with Crippen molar-refractivity contribution in [1.82, 2.24) is 0 Å². The Hall–Kier alpha value is -0.140. The molecule has 0 aromatic rings. The van der Waals surface area contributed by atoms with Crippen LogP contribution in [0, 0.1) is 23.2 Å². The molecule has 0 unspecified atom stereocenters. The quantitative estimate of drug-likeness (QED) is 0.592. The predicted octanol–water partition coefficient (Wildman–Crippen LogP) is 4.99. The summed E-state index contributed by atoms with van der Waals surface area (Å²) in [7, 11) is 0. The Morgan fingerprint density at radius 3 is 1.60 bits per heavy atom. The average molecular weight is 220 g/mol. The lowest BCUT2D eigenvalue weighted by Gasteiger charge is -2.42. The standard InChI is InChI=1S/C13H26F2/c1-7-8-13(6,12(14)15)11(9(2)3)10(4)5/h9-12H,7-8H2,1-6H3/t13-/m0/s1. The van der Waals surface area contributed by atoms with Crippen LogP contribution in [-0.4, -0.2) is 6.43 Å². The maximum atomic E-state index is 13.2. The van der Waals surface area contributed by atoms with Crippen molar-refractivity contribution in [2.24, 2.45) is 23.2 Å². The van der Waals surface area contributed by atoms with Crippen LogP contribution in [0.15, 0.2) is 0 Å². The second-order valence-electron chi connectivity index (χ2n) is 5.57. The third-order valence-electron chi connectivity index (χ3n) is 3.49. The van der Waals surface area contributed by atoms with Crippen molar-refractivity contribution in [2.75, 3.05) is 0 Å². The van der Waals surface area contributed by atoms with E-state index in [0.29, 0.717) is 18.3 Å². The van der Waals surface area contributed by atoms with Gasteiger partial charge in [-0.2, -0.15) is 0 Å². The van der Waals surface area contributed by atoms with Crippen molar-refractivity contribution in [3.63, 3.8) is 0 Å². The van der Waals surface area contributed by atoms with Gasteiger partial charge in [-0.1, -0.05) is 48.0 Å². The monoisotopic (exact) mass is 220 g/mol. The Bertz CT molecular complexity index is 167. The Morgan fingerprint density at radius 2 is 1.40 bits per heavy atom. The SMILES string of the molecule is CCC[C@](C)(C(F)F)C(C(C)C)C(C)C. The lowest BCUT2D eigenvalue weighted by atomic mass is 9.64. The summed E-state index contributed by atoms with van der Waals surface area (Å²) in [4.78, 5) is 0. The summed E-state index contributed by atoms with van der Waals surface area (Å²) < 4.78 is 26.5. The fourth-order valence-corrected chi connectivity index (χ4v) is 3.25. The van der Waals surface area contributed by atoms with E-state index in [1.54, 1.807) is 6.92 Å². The lowest BCUT2D eigenvalue weighted by Crippen LogP contribution is -2.40. The van der Waals surface area contributed by atoms with Crippen LogP contribution in [-0.2, 0) is 0 Å². The molecule has 92 valence electrons. The number of alkyl halides is 2. The fraction of sp³-hybridized carbons (Fsp3) is 1.00. The van der Waals surface area contributed by atoms with Gasteiger partial charge in [0.05, 0.1) is 0 Å². The van der Waals surface area contributed by atoms with Gasteiger partial charge in [-0.05, 0) is 24.2 Å². The molecule has 0 heterocycles. The van der Waals surface area contributed by atoms with E-state index in [-0.39, 0.29) is 5.92 Å². The molecule has 0 aliphatic rings. The first-order valence-electron chi connectivity index (χ1n) is 6.05. The highest BCUT2D eigenvalue weighted by atomic mass is 19.3. The van der Waals surface area contributed by atoms with E-state index >= 15 is 0 Å². The van der Waals surface area contributed by atoms with Crippen LogP contribution in [0.1, 0.15) is 54.4 Å². The maximum absolute atomic E-state index is 13.2. The van der Waals surface area contributed by atoms with Crippen molar-refractivity contribution in [3.8, 4) is 0 Å². The molecule has 1 atom stereocenters. The summed E-state index contributed by atoms with van der Waals surface area (Å²) in [6, 6.07) is 0. The molecule has 0 aliphatic heterocycles. The van der Waals surface area contributed by atoms with Gasteiger partial charge in [-0.25, -0.2) is 8.78 Å². The minimum absolute atomic E-state index is 0.0949. The average Bonchev–Trinajstić information content (AvgIpc) is 2.02. The Labute approximate surface area is 93.4 Å². The van der Waals surface area contributed by atoms with Crippen LogP contribution in [0.3, 0.4) is 0 Å². The van der Waals surface area contributed by atoms with Crippen LogP contribution >= 0.6 is 0 Å². The zero-order valence-electron chi connectivity index (χ0n) is 11.0. The van der Waals surface area contributed by atoms with Crippen LogP contribution in [0.4, 0.5) is 8.78 Å². The van der Waals surface area contributed by atoms with Crippen molar-refractivity contribution < 1.29 is 8.78 Å². The van der Waals surface area contributed by atoms with E-state index in [1.807, 2.05) is 6.92 Å². The van der Waals surface area contributed by atoms with Crippen molar-refractivity contribution in [3.05, 3.63) is 0 Å². The molecule has 0 saturated heterocycles. The molecule has 15 heavy (non-hydrogen) atoms. The van der Waals surface area contributed by atoms with Gasteiger partial charge in [0, 0.05) is 5.41 Å². The Kier molecular flexibility index (Phi) is 5.76. The molecule has 0 aliphatic carbocycles. The maximum Gasteiger partial charge on any atom is 0.244 e. The van der Waals surface area contributed by atoms with E-state index in [1.165, 1.54) is 0 Å². The van der Waals surface area contributed by atoms with Gasteiger partial charge in [0.25, 0.3) is 0 Å². The largest absolute Gasteiger partial charge is 0.244 e. The van der Waals surface area contributed by atoms with Gasteiger partial charge in [0.2, 0.25) is 6.43 Å². The van der Waals surface area contributed by atoms with Crippen molar-refractivity contribution in [1.29, 1.82) is 0 Å². The molecular formula is C13H26F2. The second-order valence-corrected chi connectivity index (χ2v) is 5.57. The van der Waals surface area contributed by atoms with Gasteiger partial charge in [0.15, 0.2) is 0 Å². The van der Waals surface area contributed by atoms with Crippen molar-refractivity contribution >= 4 is 0 Å². The zero-order chi connectivity index (χ0) is 12.2. The molecule has 0 nitrogen and oxygen atoms in total. The molecule has 0 amide bonds. The van der Waals surface area contributed by atoms with Gasteiger partial charge in [-0.15, -0.1) is 0 Å². The smallest absolute Gasteiger partial charge is 0.210 e. The predicted molar refractivity (Wildman–Crippen MR) is 62.2 cm³/mol. The van der Waals surface area contributed by atoms with Crippen molar-refractivity contribution in [2.45, 2.75) is 60.8 Å². The highest BCUT2D eigenvalue weighted by Crippen LogP contribution is 2.46. The summed E-state index contributed by atoms with van der Waals surface area (Å²) in [5.74, 6) is 0.726. The minimum Gasteiger partial charge on any atom is -0.210 e. The number of hydrogen-bond acceptors (Lipinski definition) is 0. The van der Waals surface area contributed by atoms with Crippen LogP contribution in [0.5, 0.6) is 0 Å².